The first-order valence-corrected chi connectivity index (χ1v) is 5.46. The summed E-state index contributed by atoms with van der Waals surface area (Å²) >= 11 is 0. The Morgan fingerprint density at radius 1 is 1.65 bits per heavy atom. The second-order valence-electron chi connectivity index (χ2n) is 4.04. The third-order valence-corrected chi connectivity index (χ3v) is 2.68. The highest BCUT2D eigenvalue weighted by Crippen LogP contribution is 2.08. The van der Waals surface area contributed by atoms with Gasteiger partial charge in [-0.3, -0.25) is 4.79 Å². The summed E-state index contributed by atoms with van der Waals surface area (Å²) in [6, 6.07) is 1.65. The molecular formula is C11H14N2O4. The number of aromatic carboxylic acids is 1. The van der Waals surface area contributed by atoms with Crippen molar-refractivity contribution in [3.8, 4) is 0 Å². The molecule has 2 rings (SSSR count). The minimum Gasteiger partial charge on any atom is -0.478 e. The molecule has 6 heteroatoms. The summed E-state index contributed by atoms with van der Waals surface area (Å²) in [6.07, 6.45) is 2.64. The monoisotopic (exact) mass is 238 g/mol. The lowest BCUT2D eigenvalue weighted by Gasteiger charge is -2.09. The molecule has 1 amide bonds. The van der Waals surface area contributed by atoms with Gasteiger partial charge in [0.15, 0.2) is 0 Å². The quantitative estimate of drug-likeness (QED) is 0.688. The number of carboxylic acid groups (broad SMARTS) is 1. The van der Waals surface area contributed by atoms with Crippen LogP contribution in [-0.2, 0) is 11.3 Å². The number of hydrogen-bond donors (Lipinski definition) is 3. The molecule has 1 aliphatic rings. The minimum atomic E-state index is -0.997. The van der Waals surface area contributed by atoms with Crippen molar-refractivity contribution in [2.75, 3.05) is 6.54 Å². The summed E-state index contributed by atoms with van der Waals surface area (Å²) in [5, 5.41) is 14.6. The molecule has 1 aromatic rings. The molecule has 1 aliphatic heterocycles. The Kier molecular flexibility index (Phi) is 3.43. The van der Waals surface area contributed by atoms with Gasteiger partial charge in [-0.2, -0.15) is 0 Å². The van der Waals surface area contributed by atoms with Crippen LogP contribution in [0.15, 0.2) is 16.7 Å². The van der Waals surface area contributed by atoms with Crippen LogP contribution in [0.1, 0.15) is 29.0 Å². The van der Waals surface area contributed by atoms with E-state index in [1.807, 2.05) is 0 Å². The Morgan fingerprint density at radius 2 is 2.47 bits per heavy atom. The van der Waals surface area contributed by atoms with E-state index < -0.39 is 5.97 Å². The van der Waals surface area contributed by atoms with Gasteiger partial charge in [0, 0.05) is 19.0 Å². The average molecular weight is 238 g/mol. The highest BCUT2D eigenvalue weighted by Gasteiger charge is 2.20. The van der Waals surface area contributed by atoms with Gasteiger partial charge < -0.3 is 20.2 Å². The van der Waals surface area contributed by atoms with Crippen LogP contribution in [0.25, 0.3) is 0 Å². The predicted molar refractivity (Wildman–Crippen MR) is 58.5 cm³/mol. The van der Waals surface area contributed by atoms with Crippen LogP contribution < -0.4 is 10.6 Å². The fourth-order valence-corrected chi connectivity index (χ4v) is 1.79. The third-order valence-electron chi connectivity index (χ3n) is 2.68. The Balaban J connectivity index is 1.74. The summed E-state index contributed by atoms with van der Waals surface area (Å²) in [5.74, 6) is -0.335. The van der Waals surface area contributed by atoms with E-state index in [4.69, 9.17) is 9.52 Å². The van der Waals surface area contributed by atoms with Crippen LogP contribution in [0.5, 0.6) is 0 Å². The van der Waals surface area contributed by atoms with Crippen molar-refractivity contribution in [1.29, 1.82) is 0 Å². The molecular weight excluding hydrogens is 224 g/mol. The first-order valence-electron chi connectivity index (χ1n) is 5.46. The van der Waals surface area contributed by atoms with Crippen LogP contribution in [0.4, 0.5) is 0 Å². The average Bonchev–Trinajstić information content (AvgIpc) is 2.88. The Labute approximate surface area is 98.0 Å². The van der Waals surface area contributed by atoms with Gasteiger partial charge in [-0.25, -0.2) is 4.79 Å². The normalized spacial score (nSPS) is 19.3. The van der Waals surface area contributed by atoms with Crippen molar-refractivity contribution < 1.29 is 19.1 Å². The van der Waals surface area contributed by atoms with Crippen molar-refractivity contribution in [3.05, 3.63) is 23.7 Å². The van der Waals surface area contributed by atoms with Gasteiger partial charge in [0.25, 0.3) is 0 Å². The summed E-state index contributed by atoms with van der Waals surface area (Å²) in [4.78, 5) is 21.5. The zero-order chi connectivity index (χ0) is 12.3. The van der Waals surface area contributed by atoms with Gasteiger partial charge in [0.05, 0.1) is 12.1 Å². The SMILES string of the molecule is O=C1CCC(CNCc2cc(C(=O)O)co2)N1. The predicted octanol–water partition coefficient (Wildman–Crippen LogP) is 0.346. The molecule has 0 aromatic carbocycles. The standard InChI is InChI=1S/C11H14N2O4/c14-10-2-1-8(13-10)4-12-5-9-3-7(6-17-9)11(15)16/h3,6,8,12H,1-2,4-5H2,(H,13,14)(H,15,16). The number of nitrogens with one attached hydrogen (secondary N) is 2. The van der Waals surface area contributed by atoms with Crippen molar-refractivity contribution in [2.24, 2.45) is 0 Å². The van der Waals surface area contributed by atoms with Crippen LogP contribution >= 0.6 is 0 Å². The van der Waals surface area contributed by atoms with E-state index in [0.717, 1.165) is 6.42 Å². The molecule has 1 saturated heterocycles. The van der Waals surface area contributed by atoms with Gasteiger partial charge >= 0.3 is 5.97 Å². The first-order chi connectivity index (χ1) is 8.15. The van der Waals surface area contributed by atoms with Crippen molar-refractivity contribution >= 4 is 11.9 Å². The number of rotatable bonds is 5. The molecule has 1 atom stereocenters. The van der Waals surface area contributed by atoms with Crippen molar-refractivity contribution in [2.45, 2.75) is 25.4 Å². The van der Waals surface area contributed by atoms with E-state index in [1.165, 1.54) is 12.3 Å². The van der Waals surface area contributed by atoms with E-state index in [9.17, 15) is 9.59 Å². The topological polar surface area (TPSA) is 91.6 Å². The van der Waals surface area contributed by atoms with Crippen LogP contribution in [0, 0.1) is 0 Å². The largest absolute Gasteiger partial charge is 0.478 e. The number of amides is 1. The molecule has 3 N–H and O–H groups in total. The van der Waals surface area contributed by atoms with Gasteiger partial charge in [0.1, 0.15) is 12.0 Å². The molecule has 0 radical (unpaired) electrons. The van der Waals surface area contributed by atoms with E-state index in [1.54, 1.807) is 0 Å². The fourth-order valence-electron chi connectivity index (χ4n) is 1.79. The zero-order valence-electron chi connectivity index (χ0n) is 9.23. The molecule has 0 spiro atoms. The van der Waals surface area contributed by atoms with Gasteiger partial charge in [-0.15, -0.1) is 0 Å². The molecule has 1 fully saturated rings. The molecule has 0 aliphatic carbocycles. The molecule has 1 aromatic heterocycles. The maximum Gasteiger partial charge on any atom is 0.338 e. The second kappa shape index (κ2) is 5.01. The van der Waals surface area contributed by atoms with Gasteiger partial charge in [-0.05, 0) is 12.5 Å². The molecule has 0 bridgehead atoms. The van der Waals surface area contributed by atoms with E-state index in [2.05, 4.69) is 10.6 Å². The number of furan rings is 1. The fraction of sp³-hybridized carbons (Fsp3) is 0.455. The molecule has 0 saturated carbocycles. The van der Waals surface area contributed by atoms with Crippen LogP contribution in [-0.4, -0.2) is 29.6 Å². The van der Waals surface area contributed by atoms with Crippen LogP contribution in [0.3, 0.4) is 0 Å². The highest BCUT2D eigenvalue weighted by molar-refractivity contribution is 5.87. The lowest BCUT2D eigenvalue weighted by atomic mass is 10.2. The van der Waals surface area contributed by atoms with Crippen molar-refractivity contribution in [3.63, 3.8) is 0 Å². The lowest BCUT2D eigenvalue weighted by Crippen LogP contribution is -2.35. The molecule has 1 unspecified atom stereocenters. The number of carboxylic acids is 1. The summed E-state index contributed by atoms with van der Waals surface area (Å²) < 4.78 is 5.08. The molecule has 2 heterocycles. The molecule has 17 heavy (non-hydrogen) atoms. The summed E-state index contributed by atoms with van der Waals surface area (Å²) in [6.45, 7) is 1.12. The minimum absolute atomic E-state index is 0.0861. The smallest absolute Gasteiger partial charge is 0.338 e. The van der Waals surface area contributed by atoms with Gasteiger partial charge in [0.2, 0.25) is 5.91 Å². The first kappa shape index (κ1) is 11.7. The van der Waals surface area contributed by atoms with Gasteiger partial charge in [-0.1, -0.05) is 0 Å². The maximum absolute atomic E-state index is 10.9. The summed E-state index contributed by atoms with van der Waals surface area (Å²) in [7, 11) is 0. The van der Waals surface area contributed by atoms with E-state index in [0.29, 0.717) is 25.3 Å². The molecule has 92 valence electrons. The molecule has 6 nitrogen and oxygen atoms in total. The Hall–Kier alpha value is -1.82. The highest BCUT2D eigenvalue weighted by atomic mass is 16.4. The third kappa shape index (κ3) is 3.07. The number of carbonyl (C=O) groups is 2. The number of carbonyl (C=O) groups excluding carboxylic acids is 1. The van der Waals surface area contributed by atoms with Crippen LogP contribution in [0.2, 0.25) is 0 Å². The summed E-state index contributed by atoms with van der Waals surface area (Å²) in [5.41, 5.74) is 0.149. The van der Waals surface area contributed by atoms with E-state index in [-0.39, 0.29) is 17.5 Å². The Morgan fingerprint density at radius 3 is 3.06 bits per heavy atom. The Bertz CT molecular complexity index is 427. The lowest BCUT2D eigenvalue weighted by molar-refractivity contribution is -0.119. The zero-order valence-corrected chi connectivity index (χ0v) is 9.23. The van der Waals surface area contributed by atoms with Crippen molar-refractivity contribution in [1.82, 2.24) is 10.6 Å². The van der Waals surface area contributed by atoms with E-state index >= 15 is 0 Å². The second-order valence-corrected chi connectivity index (χ2v) is 4.04. The maximum atomic E-state index is 10.9. The number of hydrogen-bond acceptors (Lipinski definition) is 4.